The number of pyridine rings is 2. The van der Waals surface area contributed by atoms with E-state index in [4.69, 9.17) is 16.6 Å². The Hall–Kier alpha value is -4.24. The lowest BCUT2D eigenvalue weighted by Crippen LogP contribution is -2.22. The van der Waals surface area contributed by atoms with Gasteiger partial charge in [0.1, 0.15) is 17.3 Å². The van der Waals surface area contributed by atoms with Gasteiger partial charge < -0.3 is 15.3 Å². The third kappa shape index (κ3) is 4.58. The zero-order chi connectivity index (χ0) is 25.3. The summed E-state index contributed by atoms with van der Waals surface area (Å²) in [4.78, 5) is 22.0. The van der Waals surface area contributed by atoms with Crippen molar-refractivity contribution in [1.29, 1.82) is 0 Å². The lowest BCUT2D eigenvalue weighted by molar-refractivity contribution is 0.483. The minimum atomic E-state index is -0.306. The Kier molecular flexibility index (Phi) is 6.52. The second kappa shape index (κ2) is 9.55. The van der Waals surface area contributed by atoms with Crippen LogP contribution in [-0.2, 0) is 7.05 Å². The van der Waals surface area contributed by atoms with Gasteiger partial charge in [-0.2, -0.15) is 0 Å². The second-order valence-electron chi connectivity index (χ2n) is 8.48. The number of hydrogen-bond donors (Lipinski definition) is 2. The van der Waals surface area contributed by atoms with Gasteiger partial charge in [-0.15, -0.1) is 0 Å². The molecule has 9 heteroatoms. The molecular weight excluding hydrogens is 445 g/mol. The molecule has 0 saturated carbocycles. The van der Waals surface area contributed by atoms with Crippen LogP contribution in [0.15, 0.2) is 59.8 Å². The van der Waals surface area contributed by atoms with Crippen LogP contribution >= 0.6 is 0 Å². The van der Waals surface area contributed by atoms with Crippen LogP contribution < -0.4 is 17.1 Å². The maximum absolute atomic E-state index is 14.1. The number of halogens is 1. The summed E-state index contributed by atoms with van der Waals surface area (Å²) in [7, 11) is 3.38. The fraction of sp³-hybridized carbons (Fsp3) is 0.192. The number of nitrogens with two attached hydrogens (primary N) is 2. The van der Waals surface area contributed by atoms with E-state index in [0.717, 1.165) is 22.3 Å². The number of aryl methyl sites for hydroxylation is 3. The quantitative estimate of drug-likeness (QED) is 0.325. The van der Waals surface area contributed by atoms with Crippen molar-refractivity contribution in [3.63, 3.8) is 0 Å². The summed E-state index contributed by atoms with van der Waals surface area (Å²) >= 11 is 0. The lowest BCUT2D eigenvalue weighted by atomic mass is 10.0. The fourth-order valence-corrected chi connectivity index (χ4v) is 4.20. The number of allylic oxidation sites excluding steroid dienone is 2. The number of rotatable bonds is 6. The van der Waals surface area contributed by atoms with Crippen LogP contribution in [0.25, 0.3) is 34.3 Å². The van der Waals surface area contributed by atoms with Crippen molar-refractivity contribution >= 4 is 22.9 Å². The van der Waals surface area contributed by atoms with E-state index in [1.165, 1.54) is 21.7 Å². The Bertz CT molecular complexity index is 1510. The number of fused-ring (bicyclic) bond motifs is 1. The first-order chi connectivity index (χ1) is 16.7. The number of benzene rings is 1. The molecule has 0 unspecified atom stereocenters. The van der Waals surface area contributed by atoms with E-state index in [0.29, 0.717) is 29.0 Å². The maximum Gasteiger partial charge on any atom is 0.274 e. The normalized spacial score (nSPS) is 11.8. The molecule has 3 heterocycles. The van der Waals surface area contributed by atoms with Gasteiger partial charge in [0.25, 0.3) is 5.56 Å². The maximum atomic E-state index is 14.1. The second-order valence-corrected chi connectivity index (χ2v) is 8.48. The molecule has 3 aromatic heterocycles. The van der Waals surface area contributed by atoms with Crippen LogP contribution in [-0.4, -0.2) is 31.2 Å². The average Bonchev–Trinajstić information content (AvgIpc) is 3.16. The molecule has 0 aliphatic carbocycles. The summed E-state index contributed by atoms with van der Waals surface area (Å²) in [6.45, 7) is 3.71. The standard InChI is InChI=1S/C26H28FN7O/c1-16-13-18(27)14-17(2)23(16)34-21-10-8-11-30-24(21)31-25(34)20-15-32(3)26(35)22(28)19(20)9-6-5-7-12-33(4)29/h6-15H,5,28-29H2,1-4H3/b9-6+,12-7-. The Morgan fingerprint density at radius 3 is 2.60 bits per heavy atom. The van der Waals surface area contributed by atoms with Gasteiger partial charge in [-0.3, -0.25) is 9.36 Å². The van der Waals surface area contributed by atoms with E-state index in [9.17, 15) is 9.18 Å². The Balaban J connectivity index is 2.01. The number of imidazole rings is 1. The summed E-state index contributed by atoms with van der Waals surface area (Å²) in [6.07, 6.45) is 11.3. The van der Waals surface area contributed by atoms with Crippen molar-refractivity contribution in [2.45, 2.75) is 20.3 Å². The Labute approximate surface area is 202 Å². The smallest absolute Gasteiger partial charge is 0.274 e. The predicted octanol–water partition coefficient (Wildman–Crippen LogP) is 3.85. The molecule has 4 aromatic rings. The predicted molar refractivity (Wildman–Crippen MR) is 138 cm³/mol. The summed E-state index contributed by atoms with van der Waals surface area (Å²) in [5.74, 6) is 5.85. The fourth-order valence-electron chi connectivity index (χ4n) is 4.20. The molecular formula is C26H28FN7O. The molecule has 35 heavy (non-hydrogen) atoms. The molecule has 0 aliphatic heterocycles. The molecule has 0 saturated heterocycles. The topological polar surface area (TPSA) is 108 Å². The third-order valence-electron chi connectivity index (χ3n) is 5.70. The molecule has 1 aromatic carbocycles. The van der Waals surface area contributed by atoms with Crippen molar-refractivity contribution in [2.24, 2.45) is 12.9 Å². The summed E-state index contributed by atoms with van der Waals surface area (Å²) in [6, 6.07) is 6.72. The third-order valence-corrected chi connectivity index (χ3v) is 5.70. The van der Waals surface area contributed by atoms with Crippen LogP contribution in [0, 0.1) is 19.7 Å². The number of aromatic nitrogens is 4. The first-order valence-electron chi connectivity index (χ1n) is 11.1. The zero-order valence-corrected chi connectivity index (χ0v) is 20.2. The van der Waals surface area contributed by atoms with Crippen LogP contribution in [0.4, 0.5) is 10.1 Å². The number of anilines is 1. The molecule has 4 N–H and O–H groups in total. The zero-order valence-electron chi connectivity index (χ0n) is 20.2. The van der Waals surface area contributed by atoms with Crippen molar-refractivity contribution in [1.82, 2.24) is 24.1 Å². The Morgan fingerprint density at radius 2 is 1.91 bits per heavy atom. The average molecular weight is 474 g/mol. The minimum absolute atomic E-state index is 0.111. The molecule has 0 spiro atoms. The van der Waals surface area contributed by atoms with Crippen molar-refractivity contribution < 1.29 is 4.39 Å². The SMILES string of the molecule is Cc1cc(F)cc(C)c1-n1c(-c2cn(C)c(=O)c(N)c2/C=C/C/C=C\N(C)N)nc2ncccc21. The summed E-state index contributed by atoms with van der Waals surface area (Å²) < 4.78 is 17.5. The summed E-state index contributed by atoms with van der Waals surface area (Å²) in [5.41, 5.74) is 10.9. The minimum Gasteiger partial charge on any atom is -0.394 e. The highest BCUT2D eigenvalue weighted by Gasteiger charge is 2.22. The van der Waals surface area contributed by atoms with Gasteiger partial charge in [0.15, 0.2) is 5.65 Å². The molecule has 0 atom stereocenters. The number of nitrogens with zero attached hydrogens (tertiary/aromatic N) is 5. The highest BCUT2D eigenvalue weighted by molar-refractivity contribution is 5.86. The Morgan fingerprint density at radius 1 is 1.20 bits per heavy atom. The molecule has 180 valence electrons. The first kappa shape index (κ1) is 23.9. The van der Waals surface area contributed by atoms with Gasteiger partial charge >= 0.3 is 0 Å². The largest absolute Gasteiger partial charge is 0.394 e. The molecule has 8 nitrogen and oxygen atoms in total. The molecule has 0 fully saturated rings. The van der Waals surface area contributed by atoms with Crippen LogP contribution in [0.2, 0.25) is 0 Å². The van der Waals surface area contributed by atoms with Crippen molar-refractivity contribution in [2.75, 3.05) is 12.8 Å². The van der Waals surface area contributed by atoms with E-state index in [-0.39, 0.29) is 17.1 Å². The van der Waals surface area contributed by atoms with E-state index in [1.54, 1.807) is 32.7 Å². The highest BCUT2D eigenvalue weighted by Crippen LogP contribution is 2.34. The highest BCUT2D eigenvalue weighted by atomic mass is 19.1. The molecule has 0 aliphatic rings. The lowest BCUT2D eigenvalue weighted by Gasteiger charge is -2.17. The number of hydrogen-bond acceptors (Lipinski definition) is 6. The first-order valence-corrected chi connectivity index (χ1v) is 11.1. The van der Waals surface area contributed by atoms with Gasteiger partial charge in [-0.25, -0.2) is 20.2 Å². The van der Waals surface area contributed by atoms with Gasteiger partial charge in [0.05, 0.1) is 11.2 Å². The van der Waals surface area contributed by atoms with E-state index in [2.05, 4.69) is 4.98 Å². The van der Waals surface area contributed by atoms with E-state index < -0.39 is 0 Å². The van der Waals surface area contributed by atoms with E-state index >= 15 is 0 Å². The summed E-state index contributed by atoms with van der Waals surface area (Å²) in [5, 5.41) is 1.45. The van der Waals surface area contributed by atoms with Crippen LogP contribution in [0.3, 0.4) is 0 Å². The van der Waals surface area contributed by atoms with Crippen molar-refractivity contribution in [3.05, 3.63) is 87.9 Å². The molecule has 0 radical (unpaired) electrons. The van der Waals surface area contributed by atoms with Gasteiger partial charge in [-0.1, -0.05) is 18.2 Å². The van der Waals surface area contributed by atoms with Crippen molar-refractivity contribution in [3.8, 4) is 17.1 Å². The molecule has 0 amide bonds. The van der Waals surface area contributed by atoms with Gasteiger partial charge in [0, 0.05) is 43.8 Å². The molecule has 4 rings (SSSR count). The molecule has 0 bridgehead atoms. The number of hydrazine groups is 1. The monoisotopic (exact) mass is 473 g/mol. The van der Waals surface area contributed by atoms with Gasteiger partial charge in [0.2, 0.25) is 0 Å². The number of nitrogen functional groups attached to an aromatic ring is 1. The van der Waals surface area contributed by atoms with Crippen LogP contribution in [0.1, 0.15) is 23.1 Å². The van der Waals surface area contributed by atoms with E-state index in [1.807, 2.05) is 48.8 Å². The van der Waals surface area contributed by atoms with Crippen LogP contribution in [0.5, 0.6) is 0 Å². The van der Waals surface area contributed by atoms with Gasteiger partial charge in [-0.05, 0) is 55.7 Å².